The lowest BCUT2D eigenvalue weighted by atomic mass is 9.79. The molecule has 2 aromatic carbocycles. The molecule has 2 aliphatic rings. The summed E-state index contributed by atoms with van der Waals surface area (Å²) in [4.78, 5) is 39.7. The van der Waals surface area contributed by atoms with Crippen LogP contribution in [0.4, 0.5) is 10.5 Å². The predicted octanol–water partition coefficient (Wildman–Crippen LogP) is 4.61. The first-order valence-electron chi connectivity index (χ1n) is 11.5. The fourth-order valence-corrected chi connectivity index (χ4v) is 4.80. The number of carbonyl (C=O) groups excluding carboxylic acids is 3. The standard InChI is InChI=1S/C26H30N2O5/c1-4-32-25(30)20-12-13-22-21(14-20)23(16(2)24(19-10-11-19)28(22)17(3)29)27-26(31)33-15-18-8-6-5-7-9-18/h5-9,12-14,16,19,23-24H,4,10-11,15H2,1-3H3,(H,27,31)/t16-,23?,24-/m1/s1. The van der Waals surface area contributed by atoms with Crippen molar-refractivity contribution < 1.29 is 23.9 Å². The SMILES string of the molecule is CCOC(=O)c1ccc2c(c1)C(NC(=O)OCc1ccccc1)[C@@H](C)[C@H](C1CC1)N2C(C)=O. The molecule has 1 fully saturated rings. The molecule has 1 aliphatic heterocycles. The molecule has 4 rings (SSSR count). The van der Waals surface area contributed by atoms with Crippen LogP contribution in [0.1, 0.15) is 61.1 Å². The predicted molar refractivity (Wildman–Crippen MR) is 124 cm³/mol. The molecule has 0 aromatic heterocycles. The zero-order chi connectivity index (χ0) is 23.5. The molecular formula is C26H30N2O5. The number of anilines is 1. The van der Waals surface area contributed by atoms with Gasteiger partial charge in [0.1, 0.15) is 6.61 Å². The number of rotatable bonds is 6. The number of hydrogen-bond donors (Lipinski definition) is 1. The van der Waals surface area contributed by atoms with E-state index in [1.807, 2.05) is 42.2 Å². The van der Waals surface area contributed by atoms with E-state index in [4.69, 9.17) is 9.47 Å². The van der Waals surface area contributed by atoms with E-state index in [1.54, 1.807) is 32.0 Å². The number of amides is 2. The summed E-state index contributed by atoms with van der Waals surface area (Å²) in [5.41, 5.74) is 2.73. The van der Waals surface area contributed by atoms with Gasteiger partial charge < -0.3 is 19.7 Å². The third-order valence-corrected chi connectivity index (χ3v) is 6.43. The number of benzene rings is 2. The maximum absolute atomic E-state index is 12.8. The minimum atomic E-state index is -0.533. The van der Waals surface area contributed by atoms with E-state index in [1.165, 1.54) is 0 Å². The van der Waals surface area contributed by atoms with Crippen molar-refractivity contribution in [1.82, 2.24) is 5.32 Å². The lowest BCUT2D eigenvalue weighted by molar-refractivity contribution is -0.117. The quantitative estimate of drug-likeness (QED) is 0.650. The van der Waals surface area contributed by atoms with Crippen LogP contribution in [0, 0.1) is 11.8 Å². The highest BCUT2D eigenvalue weighted by Gasteiger charge is 2.48. The summed E-state index contributed by atoms with van der Waals surface area (Å²) in [6, 6.07) is 14.2. The molecule has 1 aliphatic carbocycles. The summed E-state index contributed by atoms with van der Waals surface area (Å²) in [7, 11) is 0. The Morgan fingerprint density at radius 3 is 2.42 bits per heavy atom. The van der Waals surface area contributed by atoms with E-state index in [0.717, 1.165) is 29.7 Å². The lowest BCUT2D eigenvalue weighted by Crippen LogP contribution is -2.53. The van der Waals surface area contributed by atoms with Crippen molar-refractivity contribution in [3.05, 3.63) is 65.2 Å². The zero-order valence-corrected chi connectivity index (χ0v) is 19.2. The number of nitrogens with zero attached hydrogens (tertiary/aromatic N) is 1. The number of hydrogen-bond acceptors (Lipinski definition) is 5. The molecule has 0 radical (unpaired) electrons. The van der Waals surface area contributed by atoms with Crippen LogP contribution in [0.3, 0.4) is 0 Å². The average Bonchev–Trinajstić information content (AvgIpc) is 3.64. The largest absolute Gasteiger partial charge is 0.462 e. The highest BCUT2D eigenvalue weighted by molar-refractivity contribution is 5.96. The number of ether oxygens (including phenoxy) is 2. The first-order chi connectivity index (χ1) is 15.9. The molecule has 7 heteroatoms. The highest BCUT2D eigenvalue weighted by atomic mass is 16.5. The molecule has 174 valence electrons. The van der Waals surface area contributed by atoms with Gasteiger partial charge in [0.2, 0.25) is 5.91 Å². The van der Waals surface area contributed by atoms with Crippen LogP contribution in [0.2, 0.25) is 0 Å². The Morgan fingerprint density at radius 2 is 1.79 bits per heavy atom. The summed E-state index contributed by atoms with van der Waals surface area (Å²) in [6.07, 6.45) is 1.58. The fourth-order valence-electron chi connectivity index (χ4n) is 4.80. The Kier molecular flexibility index (Phi) is 6.67. The van der Waals surface area contributed by atoms with Gasteiger partial charge >= 0.3 is 12.1 Å². The van der Waals surface area contributed by atoms with Gasteiger partial charge in [-0.2, -0.15) is 0 Å². The Bertz CT molecular complexity index is 1030. The molecule has 0 spiro atoms. The highest BCUT2D eigenvalue weighted by Crippen LogP contribution is 2.49. The second kappa shape index (κ2) is 9.65. The summed E-state index contributed by atoms with van der Waals surface area (Å²) < 4.78 is 10.6. The lowest BCUT2D eigenvalue weighted by Gasteiger charge is -2.45. The smallest absolute Gasteiger partial charge is 0.407 e. The topological polar surface area (TPSA) is 84.9 Å². The van der Waals surface area contributed by atoms with Crippen LogP contribution in [0.25, 0.3) is 0 Å². The van der Waals surface area contributed by atoms with Crippen molar-refractivity contribution in [1.29, 1.82) is 0 Å². The normalized spacial score (nSPS) is 21.7. The number of carbonyl (C=O) groups is 3. The van der Waals surface area contributed by atoms with Crippen molar-refractivity contribution in [2.45, 2.75) is 52.3 Å². The van der Waals surface area contributed by atoms with Crippen LogP contribution in [0.15, 0.2) is 48.5 Å². The number of fused-ring (bicyclic) bond motifs is 1. The van der Waals surface area contributed by atoms with Crippen LogP contribution in [-0.2, 0) is 20.9 Å². The van der Waals surface area contributed by atoms with Crippen LogP contribution in [0.5, 0.6) is 0 Å². The number of alkyl carbamates (subject to hydrolysis) is 1. The first kappa shape index (κ1) is 22.8. The molecule has 1 saturated carbocycles. The number of nitrogens with one attached hydrogen (secondary N) is 1. The third kappa shape index (κ3) is 4.87. The molecule has 33 heavy (non-hydrogen) atoms. The van der Waals surface area contributed by atoms with Gasteiger partial charge in [-0.3, -0.25) is 4.79 Å². The Morgan fingerprint density at radius 1 is 1.06 bits per heavy atom. The van der Waals surface area contributed by atoms with Crippen LogP contribution < -0.4 is 10.2 Å². The van der Waals surface area contributed by atoms with Gasteiger partial charge in [0, 0.05) is 24.6 Å². The Hall–Kier alpha value is -3.35. The van der Waals surface area contributed by atoms with E-state index in [9.17, 15) is 14.4 Å². The molecule has 1 heterocycles. The minimum Gasteiger partial charge on any atom is -0.462 e. The molecule has 3 atom stereocenters. The van der Waals surface area contributed by atoms with Crippen molar-refractivity contribution >= 4 is 23.7 Å². The van der Waals surface area contributed by atoms with Gasteiger partial charge in [0.15, 0.2) is 0 Å². The molecule has 2 amide bonds. The monoisotopic (exact) mass is 450 g/mol. The second-order valence-corrected chi connectivity index (χ2v) is 8.75. The van der Waals surface area contributed by atoms with E-state index in [2.05, 4.69) is 5.32 Å². The van der Waals surface area contributed by atoms with Gasteiger partial charge in [0.05, 0.1) is 18.2 Å². The van der Waals surface area contributed by atoms with Gasteiger partial charge in [-0.1, -0.05) is 37.3 Å². The molecule has 0 bridgehead atoms. The minimum absolute atomic E-state index is 0.0251. The molecule has 1 unspecified atom stereocenters. The van der Waals surface area contributed by atoms with Crippen LogP contribution >= 0.6 is 0 Å². The Labute approximate surface area is 194 Å². The van der Waals surface area contributed by atoms with Crippen LogP contribution in [-0.4, -0.2) is 30.6 Å². The molecule has 7 nitrogen and oxygen atoms in total. The van der Waals surface area contributed by atoms with E-state index in [0.29, 0.717) is 11.5 Å². The maximum atomic E-state index is 12.8. The van der Waals surface area contributed by atoms with Gasteiger partial charge in [-0.15, -0.1) is 0 Å². The van der Waals surface area contributed by atoms with Crippen molar-refractivity contribution in [3.63, 3.8) is 0 Å². The van der Waals surface area contributed by atoms with E-state index < -0.39 is 18.1 Å². The molecule has 2 aromatic rings. The van der Waals surface area contributed by atoms with Crippen molar-refractivity contribution in [2.24, 2.45) is 11.8 Å². The van der Waals surface area contributed by atoms with E-state index in [-0.39, 0.29) is 31.1 Å². The van der Waals surface area contributed by atoms with E-state index >= 15 is 0 Å². The first-order valence-corrected chi connectivity index (χ1v) is 11.5. The van der Waals surface area contributed by atoms with Crippen molar-refractivity contribution in [3.8, 4) is 0 Å². The maximum Gasteiger partial charge on any atom is 0.407 e. The van der Waals surface area contributed by atoms with Gasteiger partial charge in [-0.05, 0) is 55.0 Å². The second-order valence-electron chi connectivity index (χ2n) is 8.75. The molecule has 1 N–H and O–H groups in total. The summed E-state index contributed by atoms with van der Waals surface area (Å²) in [5.74, 6) is -0.145. The zero-order valence-electron chi connectivity index (χ0n) is 19.2. The number of esters is 1. The van der Waals surface area contributed by atoms with Crippen molar-refractivity contribution in [2.75, 3.05) is 11.5 Å². The summed E-state index contributed by atoms with van der Waals surface area (Å²) in [6.45, 7) is 5.79. The summed E-state index contributed by atoms with van der Waals surface area (Å²) in [5, 5.41) is 3.01. The molecule has 0 saturated heterocycles. The average molecular weight is 451 g/mol. The third-order valence-electron chi connectivity index (χ3n) is 6.43. The summed E-state index contributed by atoms with van der Waals surface area (Å²) >= 11 is 0. The molecular weight excluding hydrogens is 420 g/mol. The van der Waals surface area contributed by atoms with Gasteiger partial charge in [-0.25, -0.2) is 9.59 Å². The fraction of sp³-hybridized carbons (Fsp3) is 0.423. The van der Waals surface area contributed by atoms with Gasteiger partial charge in [0.25, 0.3) is 0 Å². The Balaban J connectivity index is 1.64.